The molecule has 1 unspecified atom stereocenters. The summed E-state index contributed by atoms with van der Waals surface area (Å²) in [4.78, 5) is 2.46. The van der Waals surface area contributed by atoms with Gasteiger partial charge in [0.25, 0.3) is 0 Å². The number of piperazine rings is 1. The van der Waals surface area contributed by atoms with Crippen molar-refractivity contribution in [3.8, 4) is 0 Å². The maximum absolute atomic E-state index is 3.34. The van der Waals surface area contributed by atoms with Crippen LogP contribution in [-0.4, -0.2) is 36.6 Å². The molecule has 0 aromatic rings. The van der Waals surface area contributed by atoms with E-state index in [2.05, 4.69) is 20.9 Å². The molecular formula is C7H13N3S. The molecule has 3 nitrogen and oxygen atoms in total. The second-order valence-corrected chi connectivity index (χ2v) is 3.73. The molecule has 2 N–H and O–H groups in total. The highest BCUT2D eigenvalue weighted by Gasteiger charge is 2.20. The van der Waals surface area contributed by atoms with Crippen molar-refractivity contribution in [1.29, 1.82) is 0 Å². The molecule has 62 valence electrons. The Kier molecular flexibility index (Phi) is 2.35. The highest BCUT2D eigenvalue weighted by molar-refractivity contribution is 8.02. The van der Waals surface area contributed by atoms with Gasteiger partial charge in [0, 0.05) is 32.4 Å². The van der Waals surface area contributed by atoms with Gasteiger partial charge in [-0.05, 0) is 5.41 Å². The van der Waals surface area contributed by atoms with Gasteiger partial charge >= 0.3 is 0 Å². The molecule has 0 radical (unpaired) electrons. The number of thioether (sulfide) groups is 1. The van der Waals surface area contributed by atoms with Crippen molar-refractivity contribution in [3.63, 3.8) is 0 Å². The molecule has 2 aliphatic heterocycles. The van der Waals surface area contributed by atoms with E-state index in [9.17, 15) is 0 Å². The third-order valence-corrected chi connectivity index (χ3v) is 2.98. The summed E-state index contributed by atoms with van der Waals surface area (Å²) in [5, 5.41) is 8.76. The van der Waals surface area contributed by atoms with E-state index in [4.69, 9.17) is 0 Å². The summed E-state index contributed by atoms with van der Waals surface area (Å²) in [5.41, 5.74) is 0.497. The maximum atomic E-state index is 3.34. The smallest absolute Gasteiger partial charge is 0.132 e. The Bertz CT molecular complexity index is 146. The first-order chi connectivity index (χ1) is 5.47. The lowest BCUT2D eigenvalue weighted by Gasteiger charge is -2.31. The summed E-state index contributed by atoms with van der Waals surface area (Å²) in [6.45, 7) is 4.57. The van der Waals surface area contributed by atoms with Gasteiger partial charge in [0.05, 0.1) is 0 Å². The van der Waals surface area contributed by atoms with Crippen LogP contribution in [-0.2, 0) is 0 Å². The first-order valence-electron chi connectivity index (χ1n) is 3.98. The second-order valence-electron chi connectivity index (χ2n) is 2.74. The fraction of sp³-hybridized carbons (Fsp3) is 0.714. The van der Waals surface area contributed by atoms with Crippen LogP contribution < -0.4 is 10.6 Å². The molecule has 0 spiro atoms. The van der Waals surface area contributed by atoms with Crippen molar-refractivity contribution in [3.05, 3.63) is 11.6 Å². The van der Waals surface area contributed by atoms with E-state index in [0.717, 1.165) is 26.2 Å². The Morgan fingerprint density at radius 3 is 2.82 bits per heavy atom. The van der Waals surface area contributed by atoms with Crippen molar-refractivity contribution in [2.24, 2.45) is 0 Å². The molecule has 0 bridgehead atoms. The predicted octanol–water partition coefficient (Wildman–Crippen LogP) is -0.0172. The van der Waals surface area contributed by atoms with Gasteiger partial charge in [-0.15, -0.1) is 0 Å². The van der Waals surface area contributed by atoms with Gasteiger partial charge in [-0.2, -0.15) is 0 Å². The van der Waals surface area contributed by atoms with Crippen LogP contribution in [0.25, 0.3) is 0 Å². The Morgan fingerprint density at radius 2 is 2.18 bits per heavy atom. The standard InChI is InChI=1S/C7H13N3S/c1-4-10(5-2-8-1)7-9-3-6-11-7/h3,6-9H,1-2,4-5H2. The Hall–Kier alpha value is -0.190. The van der Waals surface area contributed by atoms with E-state index in [1.54, 1.807) is 0 Å². The van der Waals surface area contributed by atoms with Crippen molar-refractivity contribution in [2.45, 2.75) is 5.50 Å². The lowest BCUT2D eigenvalue weighted by molar-refractivity contribution is 0.215. The van der Waals surface area contributed by atoms with Crippen LogP contribution in [0.3, 0.4) is 0 Å². The molecule has 0 aliphatic carbocycles. The summed E-state index contributed by atoms with van der Waals surface area (Å²) in [6.07, 6.45) is 2.03. The number of nitrogens with one attached hydrogen (secondary N) is 2. The van der Waals surface area contributed by atoms with Crippen LogP contribution in [0.1, 0.15) is 0 Å². The van der Waals surface area contributed by atoms with Crippen LogP contribution in [0.2, 0.25) is 0 Å². The molecule has 2 rings (SSSR count). The van der Waals surface area contributed by atoms with Gasteiger partial charge in [0.2, 0.25) is 0 Å². The lowest BCUT2D eigenvalue weighted by atomic mass is 10.4. The zero-order chi connectivity index (χ0) is 7.52. The number of hydrogen-bond acceptors (Lipinski definition) is 4. The molecule has 4 heteroatoms. The van der Waals surface area contributed by atoms with E-state index in [-0.39, 0.29) is 0 Å². The molecule has 0 aromatic heterocycles. The minimum atomic E-state index is 0.497. The molecule has 0 amide bonds. The molecule has 0 aromatic carbocycles. The average molecular weight is 171 g/mol. The minimum Gasteiger partial charge on any atom is -0.366 e. The van der Waals surface area contributed by atoms with Crippen molar-refractivity contribution in [1.82, 2.24) is 15.5 Å². The van der Waals surface area contributed by atoms with Crippen LogP contribution in [0.5, 0.6) is 0 Å². The topological polar surface area (TPSA) is 27.3 Å². The van der Waals surface area contributed by atoms with E-state index < -0.39 is 0 Å². The van der Waals surface area contributed by atoms with Crippen LogP contribution in [0, 0.1) is 0 Å². The van der Waals surface area contributed by atoms with Gasteiger partial charge in [0.1, 0.15) is 5.50 Å². The van der Waals surface area contributed by atoms with Crippen LogP contribution in [0.4, 0.5) is 0 Å². The van der Waals surface area contributed by atoms with E-state index in [1.807, 2.05) is 18.0 Å². The minimum absolute atomic E-state index is 0.497. The zero-order valence-corrected chi connectivity index (χ0v) is 7.23. The molecule has 0 saturated carbocycles. The third kappa shape index (κ3) is 1.69. The van der Waals surface area contributed by atoms with Crippen LogP contribution in [0.15, 0.2) is 11.6 Å². The second kappa shape index (κ2) is 3.47. The van der Waals surface area contributed by atoms with Crippen LogP contribution >= 0.6 is 11.8 Å². The van der Waals surface area contributed by atoms with Crippen molar-refractivity contribution in [2.75, 3.05) is 26.2 Å². The summed E-state index contributed by atoms with van der Waals surface area (Å²) in [6, 6.07) is 0. The van der Waals surface area contributed by atoms with E-state index >= 15 is 0 Å². The largest absolute Gasteiger partial charge is 0.366 e. The molecule has 2 aliphatic rings. The first kappa shape index (κ1) is 7.46. The molecule has 1 saturated heterocycles. The average Bonchev–Trinajstić information content (AvgIpc) is 2.58. The van der Waals surface area contributed by atoms with Gasteiger partial charge in [-0.3, -0.25) is 4.90 Å². The monoisotopic (exact) mass is 171 g/mol. The van der Waals surface area contributed by atoms with E-state index in [0.29, 0.717) is 5.50 Å². The molecular weight excluding hydrogens is 158 g/mol. The fourth-order valence-electron chi connectivity index (χ4n) is 1.38. The summed E-state index contributed by atoms with van der Waals surface area (Å²) in [7, 11) is 0. The van der Waals surface area contributed by atoms with Crippen molar-refractivity contribution >= 4 is 11.8 Å². The molecule has 1 fully saturated rings. The summed E-state index contributed by atoms with van der Waals surface area (Å²) >= 11 is 1.86. The number of nitrogens with zero attached hydrogens (tertiary/aromatic N) is 1. The summed E-state index contributed by atoms with van der Waals surface area (Å²) < 4.78 is 0. The van der Waals surface area contributed by atoms with Crippen molar-refractivity contribution < 1.29 is 0 Å². The third-order valence-electron chi connectivity index (χ3n) is 2.00. The Morgan fingerprint density at radius 1 is 1.36 bits per heavy atom. The normalized spacial score (nSPS) is 32.2. The highest BCUT2D eigenvalue weighted by Crippen LogP contribution is 2.19. The predicted molar refractivity (Wildman–Crippen MR) is 48.1 cm³/mol. The van der Waals surface area contributed by atoms with E-state index in [1.165, 1.54) is 0 Å². The Labute approximate surface area is 71.2 Å². The SMILES string of the molecule is C1=CSC(N2CCNCC2)N1. The van der Waals surface area contributed by atoms with Gasteiger partial charge in [0.15, 0.2) is 0 Å². The quantitative estimate of drug-likeness (QED) is 0.580. The molecule has 1 atom stereocenters. The fourth-order valence-corrected chi connectivity index (χ4v) is 2.23. The van der Waals surface area contributed by atoms with Gasteiger partial charge in [-0.1, -0.05) is 11.8 Å². The Balaban J connectivity index is 1.83. The van der Waals surface area contributed by atoms with Gasteiger partial charge in [-0.25, -0.2) is 0 Å². The number of rotatable bonds is 1. The van der Waals surface area contributed by atoms with Gasteiger partial charge < -0.3 is 10.6 Å². The summed E-state index contributed by atoms with van der Waals surface area (Å²) in [5.74, 6) is 0. The molecule has 11 heavy (non-hydrogen) atoms. The maximum Gasteiger partial charge on any atom is 0.132 e. The lowest BCUT2D eigenvalue weighted by Crippen LogP contribution is -2.50. The zero-order valence-electron chi connectivity index (χ0n) is 6.42. The highest BCUT2D eigenvalue weighted by atomic mass is 32.2. The molecule has 2 heterocycles. The first-order valence-corrected chi connectivity index (χ1v) is 4.92. The number of hydrogen-bond donors (Lipinski definition) is 2.